The van der Waals surface area contributed by atoms with Crippen LogP contribution < -0.4 is 5.32 Å². The normalized spacial score (nSPS) is 17.1. The highest BCUT2D eigenvalue weighted by molar-refractivity contribution is 7.99. The van der Waals surface area contributed by atoms with Gasteiger partial charge in [0.1, 0.15) is 0 Å². The first kappa shape index (κ1) is 17.0. The van der Waals surface area contributed by atoms with E-state index in [1.807, 2.05) is 18.2 Å². The van der Waals surface area contributed by atoms with E-state index in [1.54, 1.807) is 36.0 Å². The molecule has 0 radical (unpaired) electrons. The van der Waals surface area contributed by atoms with Crippen LogP contribution in [0.15, 0.2) is 53.4 Å². The molecule has 0 saturated carbocycles. The molecule has 1 aliphatic rings. The van der Waals surface area contributed by atoms with Crippen LogP contribution in [0.25, 0.3) is 0 Å². The Balaban J connectivity index is 1.78. The van der Waals surface area contributed by atoms with E-state index in [4.69, 9.17) is 0 Å². The van der Waals surface area contributed by atoms with Crippen LogP contribution in [-0.4, -0.2) is 26.3 Å². The molecule has 0 unspecified atom stereocenters. The molecule has 0 aliphatic carbocycles. The summed E-state index contributed by atoms with van der Waals surface area (Å²) in [5, 5.41) is 3.08. The van der Waals surface area contributed by atoms with Gasteiger partial charge >= 0.3 is 0 Å². The van der Waals surface area contributed by atoms with E-state index >= 15 is 0 Å². The molecular weight excluding hydrogens is 342 g/mol. The fourth-order valence-electron chi connectivity index (χ4n) is 2.84. The van der Waals surface area contributed by atoms with Crippen molar-refractivity contribution in [3.63, 3.8) is 0 Å². The van der Waals surface area contributed by atoms with E-state index in [9.17, 15) is 13.2 Å². The molecule has 1 atom stereocenters. The maximum absolute atomic E-state index is 12.6. The van der Waals surface area contributed by atoms with Crippen molar-refractivity contribution in [3.8, 4) is 0 Å². The van der Waals surface area contributed by atoms with Gasteiger partial charge in [-0.15, -0.1) is 11.8 Å². The maximum Gasteiger partial charge on any atom is 0.251 e. The monoisotopic (exact) mass is 361 g/mol. The number of thioether (sulfide) groups is 1. The zero-order chi connectivity index (χ0) is 17.2. The van der Waals surface area contributed by atoms with Gasteiger partial charge in [0, 0.05) is 22.5 Å². The Kier molecular flexibility index (Phi) is 4.96. The molecule has 2 aromatic carbocycles. The van der Waals surface area contributed by atoms with Crippen molar-refractivity contribution in [2.24, 2.45) is 0 Å². The van der Waals surface area contributed by atoms with Gasteiger partial charge in [-0.1, -0.05) is 30.3 Å². The third-order valence-electron chi connectivity index (χ3n) is 3.88. The van der Waals surface area contributed by atoms with Crippen molar-refractivity contribution >= 4 is 27.5 Å². The van der Waals surface area contributed by atoms with Gasteiger partial charge in [0.15, 0.2) is 9.84 Å². The molecular formula is C18H19NO3S2. The van der Waals surface area contributed by atoms with Crippen molar-refractivity contribution in [1.82, 2.24) is 5.32 Å². The van der Waals surface area contributed by atoms with Crippen molar-refractivity contribution in [2.45, 2.75) is 23.1 Å². The number of hydrogen-bond donors (Lipinski definition) is 1. The predicted molar refractivity (Wildman–Crippen MR) is 97.0 cm³/mol. The number of hydrogen-bond acceptors (Lipinski definition) is 4. The molecule has 6 heteroatoms. The second kappa shape index (κ2) is 6.99. The zero-order valence-corrected chi connectivity index (χ0v) is 15.0. The van der Waals surface area contributed by atoms with Gasteiger partial charge in [0.2, 0.25) is 0 Å². The summed E-state index contributed by atoms with van der Waals surface area (Å²) in [5.41, 5.74) is 2.27. The van der Waals surface area contributed by atoms with Crippen LogP contribution in [0.3, 0.4) is 0 Å². The van der Waals surface area contributed by atoms with Gasteiger partial charge in [-0.25, -0.2) is 8.42 Å². The minimum Gasteiger partial charge on any atom is -0.345 e. The number of benzene rings is 2. The molecule has 2 aromatic rings. The second-order valence-corrected chi connectivity index (χ2v) is 9.25. The standard InChI is InChI=1S/C18H19NO3S2/c1-24(21,22)12-13-5-4-6-14(11-13)18(20)19-16-9-10-23-17-8-3-2-7-15(16)17/h2-8,11,16H,9-10,12H2,1H3,(H,19,20)/t16-/m1/s1. The Bertz CT molecular complexity index is 862. The lowest BCUT2D eigenvalue weighted by atomic mass is 10.0. The summed E-state index contributed by atoms with van der Waals surface area (Å²) in [6.07, 6.45) is 2.08. The van der Waals surface area contributed by atoms with E-state index < -0.39 is 9.84 Å². The van der Waals surface area contributed by atoms with Gasteiger partial charge in [-0.2, -0.15) is 0 Å². The van der Waals surface area contributed by atoms with Gasteiger partial charge < -0.3 is 5.32 Å². The van der Waals surface area contributed by atoms with E-state index in [0.29, 0.717) is 11.1 Å². The number of carbonyl (C=O) groups is 1. The minimum absolute atomic E-state index is 0.00601. The Labute approximate surface area is 146 Å². The quantitative estimate of drug-likeness (QED) is 0.908. The van der Waals surface area contributed by atoms with Gasteiger partial charge in [0.25, 0.3) is 5.91 Å². The number of carbonyl (C=O) groups excluding carboxylic acids is 1. The molecule has 4 nitrogen and oxygen atoms in total. The zero-order valence-electron chi connectivity index (χ0n) is 13.4. The first-order valence-electron chi connectivity index (χ1n) is 7.72. The SMILES string of the molecule is CS(=O)(=O)Cc1cccc(C(=O)N[C@@H]2CCSc3ccccc32)c1. The number of rotatable bonds is 4. The van der Waals surface area contributed by atoms with Crippen molar-refractivity contribution < 1.29 is 13.2 Å². The third kappa shape index (κ3) is 4.19. The van der Waals surface area contributed by atoms with E-state index in [-0.39, 0.29) is 17.7 Å². The first-order chi connectivity index (χ1) is 11.4. The Morgan fingerprint density at radius 2 is 2.00 bits per heavy atom. The molecule has 1 amide bonds. The van der Waals surface area contributed by atoms with E-state index in [0.717, 1.165) is 17.7 Å². The minimum atomic E-state index is -3.12. The summed E-state index contributed by atoms with van der Waals surface area (Å²) in [6.45, 7) is 0. The fraction of sp³-hybridized carbons (Fsp3) is 0.278. The smallest absolute Gasteiger partial charge is 0.251 e. The first-order valence-corrected chi connectivity index (χ1v) is 10.8. The topological polar surface area (TPSA) is 63.2 Å². The number of fused-ring (bicyclic) bond motifs is 1. The van der Waals surface area contributed by atoms with Crippen molar-refractivity contribution in [1.29, 1.82) is 0 Å². The number of nitrogens with one attached hydrogen (secondary N) is 1. The summed E-state index contributed by atoms with van der Waals surface area (Å²) in [5.74, 6) is 0.740. The molecule has 1 aliphatic heterocycles. The molecule has 0 aromatic heterocycles. The van der Waals surface area contributed by atoms with Crippen LogP contribution in [0.5, 0.6) is 0 Å². The molecule has 1 heterocycles. The van der Waals surface area contributed by atoms with Gasteiger partial charge in [-0.3, -0.25) is 4.79 Å². The molecule has 0 saturated heterocycles. The molecule has 126 valence electrons. The van der Waals surface area contributed by atoms with Gasteiger partial charge in [0.05, 0.1) is 11.8 Å². The average Bonchev–Trinajstić information content (AvgIpc) is 2.54. The largest absolute Gasteiger partial charge is 0.345 e. The molecule has 0 spiro atoms. The molecule has 0 bridgehead atoms. The molecule has 3 rings (SSSR count). The summed E-state index contributed by atoms with van der Waals surface area (Å²) >= 11 is 1.81. The van der Waals surface area contributed by atoms with E-state index in [2.05, 4.69) is 11.4 Å². The highest BCUT2D eigenvalue weighted by Gasteiger charge is 2.22. The van der Waals surface area contributed by atoms with Crippen LogP contribution >= 0.6 is 11.8 Å². The van der Waals surface area contributed by atoms with Crippen LogP contribution in [-0.2, 0) is 15.6 Å². The van der Waals surface area contributed by atoms with Crippen molar-refractivity contribution in [2.75, 3.05) is 12.0 Å². The van der Waals surface area contributed by atoms with Crippen LogP contribution in [0.1, 0.15) is 33.9 Å². The molecule has 24 heavy (non-hydrogen) atoms. The second-order valence-electron chi connectivity index (χ2n) is 5.97. The lowest BCUT2D eigenvalue weighted by molar-refractivity contribution is 0.0935. The maximum atomic E-state index is 12.6. The molecule has 0 fully saturated rings. The summed E-state index contributed by atoms with van der Waals surface area (Å²) in [4.78, 5) is 13.8. The summed E-state index contributed by atoms with van der Waals surface area (Å²) < 4.78 is 22.9. The van der Waals surface area contributed by atoms with E-state index in [1.165, 1.54) is 11.2 Å². The highest BCUT2D eigenvalue weighted by Crippen LogP contribution is 2.35. The highest BCUT2D eigenvalue weighted by atomic mass is 32.2. The lowest BCUT2D eigenvalue weighted by Gasteiger charge is -2.26. The Morgan fingerprint density at radius 3 is 2.79 bits per heavy atom. The van der Waals surface area contributed by atoms with Crippen molar-refractivity contribution in [3.05, 3.63) is 65.2 Å². The summed E-state index contributed by atoms with van der Waals surface area (Å²) in [6, 6.07) is 14.9. The van der Waals surface area contributed by atoms with Gasteiger partial charge in [-0.05, 0) is 35.7 Å². The van der Waals surface area contributed by atoms with Crippen LogP contribution in [0.4, 0.5) is 0 Å². The molecule has 1 N–H and O–H groups in total. The van der Waals surface area contributed by atoms with Crippen LogP contribution in [0, 0.1) is 0 Å². The van der Waals surface area contributed by atoms with Crippen LogP contribution in [0.2, 0.25) is 0 Å². The Morgan fingerprint density at radius 1 is 1.21 bits per heavy atom. The third-order valence-corrected chi connectivity index (χ3v) is 5.86. The predicted octanol–water partition coefficient (Wildman–Crippen LogP) is 3.20. The summed E-state index contributed by atoms with van der Waals surface area (Å²) in [7, 11) is -3.12. The number of sulfone groups is 1. The Hall–Kier alpha value is -1.79. The number of amides is 1. The lowest BCUT2D eigenvalue weighted by Crippen LogP contribution is -2.30. The average molecular weight is 361 g/mol. The fourth-order valence-corrected chi connectivity index (χ4v) is 4.75.